The number of nitrogens with zero attached hydrogens (tertiary/aromatic N) is 1. The smallest absolute Gasteiger partial charge is 0.270 e. The third-order valence-electron chi connectivity index (χ3n) is 2.51. The largest absolute Gasteiger partial charge is 0.388 e. The van der Waals surface area contributed by atoms with Gasteiger partial charge in [0.2, 0.25) is 10.0 Å². The monoisotopic (exact) mass is 354 g/mol. The summed E-state index contributed by atoms with van der Waals surface area (Å²) in [6.07, 6.45) is 1.78. The minimum absolute atomic E-state index is 0.127. The van der Waals surface area contributed by atoms with Gasteiger partial charge in [-0.05, 0) is 19.2 Å². The molecule has 0 saturated carbocycles. The number of halogens is 1. The van der Waals surface area contributed by atoms with Crippen LogP contribution in [0.15, 0.2) is 23.1 Å². The lowest BCUT2D eigenvalue weighted by atomic mass is 10.1. The van der Waals surface area contributed by atoms with Gasteiger partial charge in [-0.25, -0.2) is 13.1 Å². The molecule has 0 aliphatic heterocycles. The quantitative estimate of drug-likeness (QED) is 0.569. The number of thioether (sulfide) groups is 1. The fourth-order valence-electron chi connectivity index (χ4n) is 1.50. The van der Waals surface area contributed by atoms with Crippen molar-refractivity contribution in [2.24, 2.45) is 0 Å². The number of aliphatic hydroxyl groups is 1. The number of benzene rings is 1. The maximum absolute atomic E-state index is 12.1. The van der Waals surface area contributed by atoms with Crippen LogP contribution in [-0.2, 0) is 10.0 Å². The molecule has 1 aromatic carbocycles. The Hall–Kier alpha value is -0.870. The number of nitro groups is 1. The maximum Gasteiger partial charge on any atom is 0.270 e. The summed E-state index contributed by atoms with van der Waals surface area (Å²) in [7, 11) is -4.05. The highest BCUT2D eigenvalue weighted by Gasteiger charge is 2.26. The molecule has 1 aromatic rings. The number of rotatable bonds is 7. The van der Waals surface area contributed by atoms with Crippen molar-refractivity contribution in [1.29, 1.82) is 0 Å². The second kappa shape index (κ2) is 6.93. The summed E-state index contributed by atoms with van der Waals surface area (Å²) in [5.74, 6) is 0.332. The van der Waals surface area contributed by atoms with Crippen LogP contribution in [0.25, 0.3) is 0 Å². The van der Waals surface area contributed by atoms with E-state index in [0.717, 1.165) is 18.2 Å². The maximum atomic E-state index is 12.1. The molecule has 0 bridgehead atoms. The van der Waals surface area contributed by atoms with E-state index in [9.17, 15) is 23.6 Å². The highest BCUT2D eigenvalue weighted by molar-refractivity contribution is 7.98. The molecular formula is C11H15ClN2O5S2. The van der Waals surface area contributed by atoms with E-state index in [1.54, 1.807) is 6.26 Å². The van der Waals surface area contributed by atoms with E-state index < -0.39 is 25.4 Å². The molecule has 0 radical (unpaired) electrons. The predicted octanol–water partition coefficient (Wildman–Crippen LogP) is 1.64. The van der Waals surface area contributed by atoms with Crippen molar-refractivity contribution in [2.45, 2.75) is 17.4 Å². The molecule has 2 N–H and O–H groups in total. The van der Waals surface area contributed by atoms with Gasteiger partial charge in [-0.3, -0.25) is 10.1 Å². The summed E-state index contributed by atoms with van der Waals surface area (Å²) in [5, 5.41) is 20.5. The van der Waals surface area contributed by atoms with Crippen molar-refractivity contribution in [3.05, 3.63) is 33.3 Å². The third kappa shape index (κ3) is 5.11. The molecule has 0 aliphatic carbocycles. The van der Waals surface area contributed by atoms with Crippen molar-refractivity contribution in [1.82, 2.24) is 4.72 Å². The summed E-state index contributed by atoms with van der Waals surface area (Å²) in [5.41, 5.74) is -1.62. The SMILES string of the molecule is CSCC(C)(O)CNS(=O)(=O)c1cc([N+](=O)[O-])ccc1Cl. The first-order valence-corrected chi connectivity index (χ1v) is 8.99. The molecule has 21 heavy (non-hydrogen) atoms. The highest BCUT2D eigenvalue weighted by atomic mass is 35.5. The van der Waals surface area contributed by atoms with E-state index in [-0.39, 0.29) is 17.3 Å². The zero-order chi connectivity index (χ0) is 16.3. The number of nitro benzene ring substituents is 1. The van der Waals surface area contributed by atoms with Crippen molar-refractivity contribution < 1.29 is 18.4 Å². The molecule has 1 atom stereocenters. The van der Waals surface area contributed by atoms with Crippen LogP contribution in [0.2, 0.25) is 5.02 Å². The molecule has 0 aliphatic rings. The van der Waals surface area contributed by atoms with Gasteiger partial charge in [0.1, 0.15) is 4.90 Å². The Morgan fingerprint density at radius 2 is 2.14 bits per heavy atom. The number of non-ortho nitro benzene ring substituents is 1. The summed E-state index contributed by atoms with van der Waals surface area (Å²) < 4.78 is 26.5. The molecule has 0 aromatic heterocycles. The van der Waals surface area contributed by atoms with Crippen LogP contribution in [0.4, 0.5) is 5.69 Å². The van der Waals surface area contributed by atoms with Gasteiger partial charge in [0.25, 0.3) is 5.69 Å². The first-order chi connectivity index (χ1) is 9.59. The van der Waals surface area contributed by atoms with E-state index in [1.807, 2.05) is 0 Å². The van der Waals surface area contributed by atoms with E-state index in [1.165, 1.54) is 18.7 Å². The van der Waals surface area contributed by atoms with Crippen molar-refractivity contribution in [3.8, 4) is 0 Å². The minimum Gasteiger partial charge on any atom is -0.388 e. The fourth-order valence-corrected chi connectivity index (χ4v) is 3.91. The molecular weight excluding hydrogens is 340 g/mol. The van der Waals surface area contributed by atoms with Crippen LogP contribution < -0.4 is 4.72 Å². The molecule has 0 heterocycles. The lowest BCUT2D eigenvalue weighted by Gasteiger charge is -2.22. The van der Waals surface area contributed by atoms with Gasteiger partial charge < -0.3 is 5.11 Å². The molecule has 7 nitrogen and oxygen atoms in total. The Balaban J connectivity index is 3.03. The number of hydrogen-bond donors (Lipinski definition) is 2. The summed E-state index contributed by atoms with van der Waals surface area (Å²) in [6.45, 7) is 1.26. The molecule has 0 saturated heterocycles. The Bertz CT molecular complexity index is 634. The lowest BCUT2D eigenvalue weighted by molar-refractivity contribution is -0.385. The van der Waals surface area contributed by atoms with Crippen LogP contribution >= 0.6 is 23.4 Å². The van der Waals surface area contributed by atoms with Crippen molar-refractivity contribution in [2.75, 3.05) is 18.6 Å². The van der Waals surface area contributed by atoms with Crippen molar-refractivity contribution in [3.63, 3.8) is 0 Å². The van der Waals surface area contributed by atoms with Crippen LogP contribution in [0.3, 0.4) is 0 Å². The van der Waals surface area contributed by atoms with E-state index in [0.29, 0.717) is 5.75 Å². The minimum atomic E-state index is -4.05. The summed E-state index contributed by atoms with van der Waals surface area (Å²) in [4.78, 5) is 9.60. The molecule has 10 heteroatoms. The summed E-state index contributed by atoms with van der Waals surface area (Å²) >= 11 is 7.15. The highest BCUT2D eigenvalue weighted by Crippen LogP contribution is 2.26. The lowest BCUT2D eigenvalue weighted by Crippen LogP contribution is -2.42. The normalized spacial score (nSPS) is 14.7. The fraction of sp³-hybridized carbons (Fsp3) is 0.455. The average molecular weight is 355 g/mol. The number of sulfonamides is 1. The number of hydrogen-bond acceptors (Lipinski definition) is 6. The Morgan fingerprint density at radius 1 is 1.52 bits per heavy atom. The van der Waals surface area contributed by atoms with Gasteiger partial charge in [-0.15, -0.1) is 0 Å². The third-order valence-corrected chi connectivity index (χ3v) is 5.31. The molecule has 1 rings (SSSR count). The van der Waals surface area contributed by atoms with Gasteiger partial charge in [0.15, 0.2) is 0 Å². The van der Waals surface area contributed by atoms with E-state index in [4.69, 9.17) is 11.6 Å². The van der Waals surface area contributed by atoms with Gasteiger partial charge >= 0.3 is 0 Å². The second-order valence-electron chi connectivity index (χ2n) is 4.63. The average Bonchev–Trinajstić information content (AvgIpc) is 2.36. The van der Waals surface area contributed by atoms with Crippen LogP contribution in [-0.4, -0.2) is 42.6 Å². The zero-order valence-electron chi connectivity index (χ0n) is 11.4. The van der Waals surface area contributed by atoms with Crippen LogP contribution in [0.1, 0.15) is 6.92 Å². The van der Waals surface area contributed by atoms with Gasteiger partial charge in [0.05, 0.1) is 15.5 Å². The first-order valence-electron chi connectivity index (χ1n) is 5.74. The Kier molecular flexibility index (Phi) is 6.00. The summed E-state index contributed by atoms with van der Waals surface area (Å²) in [6, 6.07) is 3.15. The van der Waals surface area contributed by atoms with E-state index in [2.05, 4.69) is 4.72 Å². The van der Waals surface area contributed by atoms with E-state index >= 15 is 0 Å². The zero-order valence-corrected chi connectivity index (χ0v) is 13.8. The predicted molar refractivity (Wildman–Crippen MR) is 82.3 cm³/mol. The molecule has 118 valence electrons. The molecule has 1 unspecified atom stereocenters. The van der Waals surface area contributed by atoms with Crippen molar-refractivity contribution >= 4 is 39.1 Å². The number of nitrogens with one attached hydrogen (secondary N) is 1. The second-order valence-corrected chi connectivity index (χ2v) is 7.63. The van der Waals surface area contributed by atoms with Gasteiger partial charge in [-0.2, -0.15) is 11.8 Å². The molecule has 0 spiro atoms. The van der Waals surface area contributed by atoms with Crippen LogP contribution in [0, 0.1) is 10.1 Å². The first kappa shape index (κ1) is 18.2. The standard InChI is InChI=1S/C11H15ClN2O5S2/c1-11(15,7-20-2)6-13-21(18,19)10-5-8(14(16)17)3-4-9(10)12/h3-5,13,15H,6-7H2,1-2H3. The Morgan fingerprint density at radius 3 is 2.67 bits per heavy atom. The van der Waals surface area contributed by atoms with Gasteiger partial charge in [-0.1, -0.05) is 11.6 Å². The van der Waals surface area contributed by atoms with Gasteiger partial charge in [0, 0.05) is 24.4 Å². The molecule has 0 amide bonds. The topological polar surface area (TPSA) is 110 Å². The molecule has 0 fully saturated rings. The van der Waals surface area contributed by atoms with Crippen LogP contribution in [0.5, 0.6) is 0 Å². The Labute approximate surface area is 131 Å².